The molecule has 2 aliphatic rings. The Morgan fingerprint density at radius 2 is 1.92 bits per heavy atom. The molecule has 0 radical (unpaired) electrons. The molecule has 0 unspecified atom stereocenters. The van der Waals surface area contributed by atoms with Gasteiger partial charge in [-0.1, -0.05) is 23.4 Å². The van der Waals surface area contributed by atoms with E-state index in [0.29, 0.717) is 6.04 Å². The molecule has 0 spiro atoms. The molecule has 5 heteroatoms. The SMILES string of the molecule is Cc1cc(C[C@@H]2CN(C3CCN(c4ccccc4C)CC3)C[C@H]2O)on1. The minimum atomic E-state index is -0.269. The molecule has 140 valence electrons. The minimum Gasteiger partial charge on any atom is -0.391 e. The summed E-state index contributed by atoms with van der Waals surface area (Å²) in [6.45, 7) is 8.05. The van der Waals surface area contributed by atoms with Gasteiger partial charge in [-0.25, -0.2) is 0 Å². The number of rotatable bonds is 4. The molecule has 26 heavy (non-hydrogen) atoms. The summed E-state index contributed by atoms with van der Waals surface area (Å²) in [4.78, 5) is 5.00. The van der Waals surface area contributed by atoms with Crippen molar-refractivity contribution in [2.45, 2.75) is 45.3 Å². The molecular weight excluding hydrogens is 326 g/mol. The molecule has 0 amide bonds. The normalized spacial score (nSPS) is 25.1. The van der Waals surface area contributed by atoms with Crippen molar-refractivity contribution in [3.05, 3.63) is 47.3 Å². The number of hydrogen-bond acceptors (Lipinski definition) is 5. The molecule has 1 N–H and O–H groups in total. The van der Waals surface area contributed by atoms with E-state index in [4.69, 9.17) is 4.52 Å². The van der Waals surface area contributed by atoms with E-state index in [1.54, 1.807) is 0 Å². The van der Waals surface area contributed by atoms with Crippen LogP contribution < -0.4 is 4.90 Å². The lowest BCUT2D eigenvalue weighted by molar-refractivity contribution is 0.129. The first kappa shape index (κ1) is 17.6. The molecule has 1 aromatic carbocycles. The minimum absolute atomic E-state index is 0.247. The van der Waals surface area contributed by atoms with E-state index < -0.39 is 0 Å². The lowest BCUT2D eigenvalue weighted by Gasteiger charge is -2.38. The number of anilines is 1. The van der Waals surface area contributed by atoms with Crippen LogP contribution in [0.1, 0.15) is 29.9 Å². The highest BCUT2D eigenvalue weighted by Crippen LogP contribution is 2.29. The fourth-order valence-corrected chi connectivity index (χ4v) is 4.55. The molecule has 2 fully saturated rings. The molecule has 5 nitrogen and oxygen atoms in total. The van der Waals surface area contributed by atoms with Gasteiger partial charge in [0.25, 0.3) is 0 Å². The van der Waals surface area contributed by atoms with Gasteiger partial charge in [-0.2, -0.15) is 0 Å². The van der Waals surface area contributed by atoms with Crippen LogP contribution in [0.2, 0.25) is 0 Å². The number of para-hydroxylation sites is 1. The van der Waals surface area contributed by atoms with E-state index in [9.17, 15) is 5.11 Å². The Morgan fingerprint density at radius 3 is 2.62 bits per heavy atom. The van der Waals surface area contributed by atoms with Crippen molar-refractivity contribution in [1.29, 1.82) is 0 Å². The van der Waals surface area contributed by atoms with Crippen molar-refractivity contribution >= 4 is 5.69 Å². The predicted molar refractivity (Wildman–Crippen MR) is 102 cm³/mol. The zero-order valence-corrected chi connectivity index (χ0v) is 15.8. The number of benzene rings is 1. The summed E-state index contributed by atoms with van der Waals surface area (Å²) in [5.74, 6) is 1.14. The van der Waals surface area contributed by atoms with E-state index >= 15 is 0 Å². The first-order valence-corrected chi connectivity index (χ1v) is 9.75. The Bertz CT molecular complexity index is 736. The summed E-state index contributed by atoms with van der Waals surface area (Å²) in [6.07, 6.45) is 2.83. The third-order valence-electron chi connectivity index (χ3n) is 6.01. The van der Waals surface area contributed by atoms with Crippen LogP contribution >= 0.6 is 0 Å². The van der Waals surface area contributed by atoms with Gasteiger partial charge in [-0.05, 0) is 38.3 Å². The molecule has 2 aromatic rings. The highest BCUT2D eigenvalue weighted by molar-refractivity contribution is 5.53. The second kappa shape index (κ2) is 7.41. The van der Waals surface area contributed by atoms with Gasteiger partial charge in [0, 0.05) is 56.3 Å². The smallest absolute Gasteiger partial charge is 0.137 e. The molecule has 0 saturated carbocycles. The van der Waals surface area contributed by atoms with E-state index in [2.05, 4.69) is 46.1 Å². The Morgan fingerprint density at radius 1 is 1.15 bits per heavy atom. The number of likely N-dealkylation sites (tertiary alicyclic amines) is 1. The van der Waals surface area contributed by atoms with E-state index in [-0.39, 0.29) is 12.0 Å². The zero-order chi connectivity index (χ0) is 18.1. The standard InChI is InChI=1S/C21H29N3O2/c1-15-5-3-4-6-20(15)23-9-7-18(8-10-23)24-13-17(21(25)14-24)12-19-11-16(2)22-26-19/h3-6,11,17-18,21,25H,7-10,12-14H2,1-2H3/t17-,21-/m1/s1. The number of aryl methyl sites for hydroxylation is 2. The van der Waals surface area contributed by atoms with Crippen LogP contribution in [0.4, 0.5) is 5.69 Å². The van der Waals surface area contributed by atoms with Crippen LogP contribution in [0.5, 0.6) is 0 Å². The van der Waals surface area contributed by atoms with E-state index in [1.165, 1.54) is 11.3 Å². The van der Waals surface area contributed by atoms with E-state index in [0.717, 1.165) is 56.9 Å². The largest absolute Gasteiger partial charge is 0.391 e. The average molecular weight is 355 g/mol. The van der Waals surface area contributed by atoms with Crippen molar-refractivity contribution in [2.75, 3.05) is 31.1 Å². The second-order valence-corrected chi connectivity index (χ2v) is 7.92. The van der Waals surface area contributed by atoms with Gasteiger partial charge in [0.05, 0.1) is 11.8 Å². The Balaban J connectivity index is 1.33. The number of aliphatic hydroxyl groups excluding tert-OH is 1. The number of piperidine rings is 1. The average Bonchev–Trinajstić information content (AvgIpc) is 3.22. The maximum atomic E-state index is 10.5. The fourth-order valence-electron chi connectivity index (χ4n) is 4.55. The summed E-state index contributed by atoms with van der Waals surface area (Å²) in [6, 6.07) is 11.2. The lowest BCUT2D eigenvalue weighted by atomic mass is 10.00. The maximum absolute atomic E-state index is 10.5. The molecule has 0 aliphatic carbocycles. The van der Waals surface area contributed by atoms with Crippen molar-refractivity contribution in [3.8, 4) is 0 Å². The van der Waals surface area contributed by atoms with Gasteiger partial charge in [0.2, 0.25) is 0 Å². The maximum Gasteiger partial charge on any atom is 0.137 e. The van der Waals surface area contributed by atoms with Crippen molar-refractivity contribution in [1.82, 2.24) is 10.1 Å². The highest BCUT2D eigenvalue weighted by atomic mass is 16.5. The summed E-state index contributed by atoms with van der Waals surface area (Å²) in [7, 11) is 0. The zero-order valence-electron chi connectivity index (χ0n) is 15.8. The first-order valence-electron chi connectivity index (χ1n) is 9.75. The molecular formula is C21H29N3O2. The van der Waals surface area contributed by atoms with Crippen LogP contribution in [0, 0.1) is 19.8 Å². The van der Waals surface area contributed by atoms with Gasteiger partial charge in [-0.15, -0.1) is 0 Å². The van der Waals surface area contributed by atoms with Gasteiger partial charge in [-0.3, -0.25) is 4.90 Å². The summed E-state index contributed by atoms with van der Waals surface area (Å²) in [5.41, 5.74) is 3.63. The number of nitrogens with zero attached hydrogens (tertiary/aromatic N) is 3. The van der Waals surface area contributed by atoms with Crippen LogP contribution in [0.3, 0.4) is 0 Å². The number of β-amino-alcohol motifs (C(OH)–C–C–N with tert-alkyl or cyclic N) is 1. The summed E-state index contributed by atoms with van der Waals surface area (Å²) >= 11 is 0. The Hall–Kier alpha value is -1.85. The predicted octanol–water partition coefficient (Wildman–Crippen LogP) is 2.80. The number of aromatic nitrogens is 1. The third-order valence-corrected chi connectivity index (χ3v) is 6.01. The molecule has 2 aliphatic heterocycles. The van der Waals surface area contributed by atoms with Crippen molar-refractivity contribution in [3.63, 3.8) is 0 Å². The second-order valence-electron chi connectivity index (χ2n) is 7.92. The first-order chi connectivity index (χ1) is 12.6. The van der Waals surface area contributed by atoms with Gasteiger partial charge in [0.1, 0.15) is 5.76 Å². The molecule has 0 bridgehead atoms. The molecule has 1 aromatic heterocycles. The van der Waals surface area contributed by atoms with Crippen LogP contribution in [-0.2, 0) is 6.42 Å². The number of aliphatic hydroxyl groups is 1. The highest BCUT2D eigenvalue weighted by Gasteiger charge is 2.36. The van der Waals surface area contributed by atoms with Crippen molar-refractivity contribution in [2.24, 2.45) is 5.92 Å². The fraction of sp³-hybridized carbons (Fsp3) is 0.571. The molecule has 2 saturated heterocycles. The molecule has 2 atom stereocenters. The summed E-state index contributed by atoms with van der Waals surface area (Å²) in [5, 5.41) is 14.5. The van der Waals surface area contributed by atoms with Crippen LogP contribution in [-0.4, -0.2) is 53.5 Å². The molecule has 4 rings (SSSR count). The van der Waals surface area contributed by atoms with Crippen LogP contribution in [0.15, 0.2) is 34.9 Å². The lowest BCUT2D eigenvalue weighted by Crippen LogP contribution is -2.44. The Kier molecular flexibility index (Phi) is 5.00. The Labute approximate surface area is 155 Å². The van der Waals surface area contributed by atoms with Crippen molar-refractivity contribution < 1.29 is 9.63 Å². The number of hydrogen-bond donors (Lipinski definition) is 1. The monoisotopic (exact) mass is 355 g/mol. The van der Waals surface area contributed by atoms with Gasteiger partial charge < -0.3 is 14.5 Å². The van der Waals surface area contributed by atoms with E-state index in [1.807, 2.05) is 13.0 Å². The van der Waals surface area contributed by atoms with Crippen LogP contribution in [0.25, 0.3) is 0 Å². The quantitative estimate of drug-likeness (QED) is 0.914. The third kappa shape index (κ3) is 3.64. The molecule has 3 heterocycles. The van der Waals surface area contributed by atoms with Gasteiger partial charge in [0.15, 0.2) is 0 Å². The summed E-state index contributed by atoms with van der Waals surface area (Å²) < 4.78 is 5.34. The van der Waals surface area contributed by atoms with Gasteiger partial charge >= 0.3 is 0 Å². The topological polar surface area (TPSA) is 52.7 Å².